The van der Waals surface area contributed by atoms with Gasteiger partial charge in [-0.3, -0.25) is 9.78 Å². The highest BCUT2D eigenvalue weighted by Gasteiger charge is 2.11. The monoisotopic (exact) mass is 327 g/mol. The Morgan fingerprint density at radius 1 is 1.08 bits per heavy atom. The van der Waals surface area contributed by atoms with Crippen LogP contribution in [-0.4, -0.2) is 42.0 Å². The number of rotatable bonds is 5. The van der Waals surface area contributed by atoms with E-state index in [0.29, 0.717) is 12.1 Å². The van der Waals surface area contributed by atoms with E-state index in [1.807, 2.05) is 0 Å². The zero-order valence-electron chi connectivity index (χ0n) is 13.7. The standard InChI is InChI=1S/C19H22FN3O/c20-17-7-4-15(5-8-17)18-9-6-16(14-22-18)19(24)21-10-13-23-11-2-1-3-12-23/h4-9,14H,1-3,10-13H2,(H,21,24). The number of carbonyl (C=O) groups excluding carboxylic acids is 1. The minimum absolute atomic E-state index is 0.106. The van der Waals surface area contributed by atoms with Gasteiger partial charge in [-0.2, -0.15) is 0 Å². The molecule has 1 amide bonds. The van der Waals surface area contributed by atoms with Gasteiger partial charge in [0, 0.05) is 24.8 Å². The maximum atomic E-state index is 12.9. The lowest BCUT2D eigenvalue weighted by Crippen LogP contribution is -2.37. The Morgan fingerprint density at radius 2 is 1.83 bits per heavy atom. The molecular weight excluding hydrogens is 305 g/mol. The number of halogens is 1. The lowest BCUT2D eigenvalue weighted by molar-refractivity contribution is 0.0946. The number of aromatic nitrogens is 1. The first-order valence-electron chi connectivity index (χ1n) is 8.45. The normalized spacial score (nSPS) is 15.2. The highest BCUT2D eigenvalue weighted by molar-refractivity contribution is 5.94. The molecule has 2 aromatic rings. The van der Waals surface area contributed by atoms with Gasteiger partial charge in [0.25, 0.3) is 5.91 Å². The van der Waals surface area contributed by atoms with Crippen molar-refractivity contribution in [3.8, 4) is 11.3 Å². The van der Waals surface area contributed by atoms with Crippen LogP contribution in [-0.2, 0) is 0 Å². The van der Waals surface area contributed by atoms with Crippen molar-refractivity contribution in [1.29, 1.82) is 0 Å². The third-order valence-electron chi connectivity index (χ3n) is 4.33. The molecule has 0 atom stereocenters. The van der Waals surface area contributed by atoms with E-state index in [0.717, 1.165) is 30.9 Å². The molecule has 1 saturated heterocycles. The number of piperidine rings is 1. The van der Waals surface area contributed by atoms with Gasteiger partial charge in [0.1, 0.15) is 5.82 Å². The van der Waals surface area contributed by atoms with Gasteiger partial charge in [-0.25, -0.2) is 4.39 Å². The van der Waals surface area contributed by atoms with Crippen LogP contribution in [0.15, 0.2) is 42.6 Å². The van der Waals surface area contributed by atoms with Crippen molar-refractivity contribution in [3.63, 3.8) is 0 Å². The number of amides is 1. The Hall–Kier alpha value is -2.27. The Balaban J connectivity index is 1.52. The molecule has 4 nitrogen and oxygen atoms in total. The lowest BCUT2D eigenvalue weighted by Gasteiger charge is -2.26. The molecule has 0 aliphatic carbocycles. The van der Waals surface area contributed by atoms with Crippen molar-refractivity contribution in [1.82, 2.24) is 15.2 Å². The van der Waals surface area contributed by atoms with Gasteiger partial charge in [-0.15, -0.1) is 0 Å². The highest BCUT2D eigenvalue weighted by Crippen LogP contribution is 2.17. The van der Waals surface area contributed by atoms with E-state index in [-0.39, 0.29) is 11.7 Å². The Kier molecular flexibility index (Phi) is 5.54. The summed E-state index contributed by atoms with van der Waals surface area (Å²) in [7, 11) is 0. The molecule has 1 aliphatic rings. The number of nitrogens with zero attached hydrogens (tertiary/aromatic N) is 2. The van der Waals surface area contributed by atoms with E-state index in [2.05, 4.69) is 15.2 Å². The average molecular weight is 327 g/mol. The van der Waals surface area contributed by atoms with E-state index in [4.69, 9.17) is 0 Å². The largest absolute Gasteiger partial charge is 0.351 e. The molecule has 1 fully saturated rings. The zero-order valence-corrected chi connectivity index (χ0v) is 13.7. The SMILES string of the molecule is O=C(NCCN1CCCCC1)c1ccc(-c2ccc(F)cc2)nc1. The van der Waals surface area contributed by atoms with Crippen molar-refractivity contribution in [2.24, 2.45) is 0 Å². The summed E-state index contributed by atoms with van der Waals surface area (Å²) in [5.74, 6) is -0.381. The third kappa shape index (κ3) is 4.38. The molecule has 1 aromatic heterocycles. The van der Waals surface area contributed by atoms with Gasteiger partial charge < -0.3 is 10.2 Å². The van der Waals surface area contributed by atoms with Gasteiger partial charge >= 0.3 is 0 Å². The van der Waals surface area contributed by atoms with Crippen LogP contribution in [0.5, 0.6) is 0 Å². The minimum atomic E-state index is -0.275. The quantitative estimate of drug-likeness (QED) is 0.918. The van der Waals surface area contributed by atoms with Crippen LogP contribution in [0.3, 0.4) is 0 Å². The van der Waals surface area contributed by atoms with Crippen LogP contribution >= 0.6 is 0 Å². The molecule has 1 N–H and O–H groups in total. The molecule has 3 rings (SSSR count). The predicted molar refractivity (Wildman–Crippen MR) is 92.3 cm³/mol. The number of carbonyl (C=O) groups is 1. The smallest absolute Gasteiger partial charge is 0.252 e. The van der Waals surface area contributed by atoms with E-state index < -0.39 is 0 Å². The maximum absolute atomic E-state index is 12.9. The number of nitrogens with one attached hydrogen (secondary N) is 1. The molecule has 1 aromatic carbocycles. The van der Waals surface area contributed by atoms with Gasteiger partial charge in [-0.1, -0.05) is 6.42 Å². The molecule has 0 spiro atoms. The molecule has 5 heteroatoms. The molecule has 2 heterocycles. The Labute approximate surface area is 141 Å². The van der Waals surface area contributed by atoms with Crippen LogP contribution in [0.2, 0.25) is 0 Å². The second kappa shape index (κ2) is 8.02. The summed E-state index contributed by atoms with van der Waals surface area (Å²) in [4.78, 5) is 18.9. The van der Waals surface area contributed by atoms with E-state index >= 15 is 0 Å². The first-order chi connectivity index (χ1) is 11.7. The fraction of sp³-hybridized carbons (Fsp3) is 0.368. The van der Waals surface area contributed by atoms with Crippen molar-refractivity contribution in [2.45, 2.75) is 19.3 Å². The molecule has 0 saturated carbocycles. The topological polar surface area (TPSA) is 45.2 Å². The predicted octanol–water partition coefficient (Wildman–Crippen LogP) is 3.10. The Bertz CT molecular complexity index is 664. The van der Waals surface area contributed by atoms with Gasteiger partial charge in [0.15, 0.2) is 0 Å². The molecule has 24 heavy (non-hydrogen) atoms. The lowest BCUT2D eigenvalue weighted by atomic mass is 10.1. The van der Waals surface area contributed by atoms with Crippen LogP contribution in [0, 0.1) is 5.82 Å². The van der Waals surface area contributed by atoms with E-state index in [1.165, 1.54) is 31.4 Å². The third-order valence-corrected chi connectivity index (χ3v) is 4.33. The first kappa shape index (κ1) is 16.6. The van der Waals surface area contributed by atoms with Gasteiger partial charge in [-0.05, 0) is 62.3 Å². The summed E-state index contributed by atoms with van der Waals surface area (Å²) in [5.41, 5.74) is 2.09. The maximum Gasteiger partial charge on any atom is 0.252 e. The molecule has 126 valence electrons. The number of hydrogen-bond acceptors (Lipinski definition) is 3. The summed E-state index contributed by atoms with van der Waals surface area (Å²) in [6, 6.07) is 9.69. The van der Waals surface area contributed by atoms with Crippen molar-refractivity contribution in [3.05, 3.63) is 54.0 Å². The zero-order chi connectivity index (χ0) is 16.8. The number of likely N-dealkylation sites (tertiary alicyclic amines) is 1. The van der Waals surface area contributed by atoms with Crippen molar-refractivity contribution >= 4 is 5.91 Å². The summed E-state index contributed by atoms with van der Waals surface area (Å²) < 4.78 is 12.9. The van der Waals surface area contributed by atoms with E-state index in [9.17, 15) is 9.18 Å². The second-order valence-corrected chi connectivity index (χ2v) is 6.10. The molecule has 0 unspecified atom stereocenters. The number of benzene rings is 1. The second-order valence-electron chi connectivity index (χ2n) is 6.10. The Morgan fingerprint density at radius 3 is 2.50 bits per heavy atom. The van der Waals surface area contributed by atoms with Crippen molar-refractivity contribution in [2.75, 3.05) is 26.2 Å². The first-order valence-corrected chi connectivity index (χ1v) is 8.45. The van der Waals surface area contributed by atoms with Crippen molar-refractivity contribution < 1.29 is 9.18 Å². The summed E-state index contributed by atoms with van der Waals surface area (Å²) in [5, 5.41) is 2.94. The van der Waals surface area contributed by atoms with Crippen LogP contribution in [0.4, 0.5) is 4.39 Å². The van der Waals surface area contributed by atoms with Crippen LogP contribution < -0.4 is 5.32 Å². The molecule has 0 bridgehead atoms. The van der Waals surface area contributed by atoms with Crippen LogP contribution in [0.25, 0.3) is 11.3 Å². The highest BCUT2D eigenvalue weighted by atomic mass is 19.1. The summed E-state index contributed by atoms with van der Waals surface area (Å²) in [6.45, 7) is 3.80. The number of hydrogen-bond donors (Lipinski definition) is 1. The summed E-state index contributed by atoms with van der Waals surface area (Å²) in [6.07, 6.45) is 5.38. The molecular formula is C19H22FN3O. The van der Waals surface area contributed by atoms with Gasteiger partial charge in [0.2, 0.25) is 0 Å². The fourth-order valence-corrected chi connectivity index (χ4v) is 2.93. The average Bonchev–Trinajstić information content (AvgIpc) is 2.63. The fourth-order valence-electron chi connectivity index (χ4n) is 2.93. The number of pyridine rings is 1. The van der Waals surface area contributed by atoms with E-state index in [1.54, 1.807) is 30.5 Å². The molecule has 0 radical (unpaired) electrons. The van der Waals surface area contributed by atoms with Crippen LogP contribution in [0.1, 0.15) is 29.6 Å². The summed E-state index contributed by atoms with van der Waals surface area (Å²) >= 11 is 0. The van der Waals surface area contributed by atoms with Gasteiger partial charge in [0.05, 0.1) is 11.3 Å². The minimum Gasteiger partial charge on any atom is -0.351 e. The molecule has 1 aliphatic heterocycles.